The second-order valence-corrected chi connectivity index (χ2v) is 14.8. The fourth-order valence-electron chi connectivity index (χ4n) is 6.31. The van der Waals surface area contributed by atoms with Gasteiger partial charge in [0, 0.05) is 30.1 Å². The number of hydrogen-bond donors (Lipinski definition) is 1. The van der Waals surface area contributed by atoms with Crippen LogP contribution in [0.4, 0.5) is 5.69 Å². The van der Waals surface area contributed by atoms with Crippen LogP contribution in [0, 0.1) is 6.92 Å². The zero-order valence-electron chi connectivity index (χ0n) is 28.7. The zero-order chi connectivity index (χ0) is 35.7. The van der Waals surface area contributed by atoms with E-state index in [1.807, 2.05) is 61.5 Å². The molecule has 0 aliphatic heterocycles. The number of methoxy groups -OCH3 is 2. The van der Waals surface area contributed by atoms with E-state index in [1.54, 1.807) is 24.3 Å². The van der Waals surface area contributed by atoms with E-state index >= 15 is 0 Å². The summed E-state index contributed by atoms with van der Waals surface area (Å²) >= 11 is 6.20. The third kappa shape index (κ3) is 8.97. The van der Waals surface area contributed by atoms with Gasteiger partial charge in [0.2, 0.25) is 11.8 Å². The molecular weight excluding hydrogens is 674 g/mol. The van der Waals surface area contributed by atoms with E-state index in [0.717, 1.165) is 53.1 Å². The average molecular weight is 718 g/mol. The van der Waals surface area contributed by atoms with E-state index in [4.69, 9.17) is 21.1 Å². The van der Waals surface area contributed by atoms with Gasteiger partial charge in [0.15, 0.2) is 11.5 Å². The van der Waals surface area contributed by atoms with Crippen LogP contribution in [0.3, 0.4) is 0 Å². The largest absolute Gasteiger partial charge is 0.493 e. The van der Waals surface area contributed by atoms with Gasteiger partial charge in [-0.3, -0.25) is 13.9 Å². The van der Waals surface area contributed by atoms with Crippen molar-refractivity contribution in [3.05, 3.63) is 119 Å². The molecule has 4 aromatic carbocycles. The monoisotopic (exact) mass is 717 g/mol. The van der Waals surface area contributed by atoms with Gasteiger partial charge in [-0.15, -0.1) is 0 Å². The smallest absolute Gasteiger partial charge is 0.264 e. The fourth-order valence-corrected chi connectivity index (χ4v) is 7.87. The summed E-state index contributed by atoms with van der Waals surface area (Å²) in [5.41, 5.74) is 2.92. The van der Waals surface area contributed by atoms with Crippen molar-refractivity contribution in [3.8, 4) is 11.5 Å². The molecule has 264 valence electrons. The first-order valence-electron chi connectivity index (χ1n) is 16.8. The second kappa shape index (κ2) is 16.9. The van der Waals surface area contributed by atoms with E-state index < -0.39 is 28.5 Å². The lowest BCUT2D eigenvalue weighted by Gasteiger charge is -2.35. The number of benzene rings is 4. The van der Waals surface area contributed by atoms with Crippen molar-refractivity contribution in [2.24, 2.45) is 0 Å². The standard InChI is InChI=1S/C39H44ClN3O6S/c1-28-12-10-11-15-30(28)26-42(35(24-29-13-6-4-7-14-29)39(45)41-32-16-8-5-9-17-32)38(44)27-43(33-20-18-31(40)19-21-33)50(46,47)34-22-23-36(48-2)37(25-34)49-3/h4,6-7,10-15,18-23,25,32,35H,5,8-9,16-17,24,26-27H2,1-3H3,(H,41,45)/t35-/m1/s1. The second-order valence-electron chi connectivity index (χ2n) is 12.5. The maximum absolute atomic E-state index is 14.8. The molecule has 4 aromatic rings. The van der Waals surface area contributed by atoms with Crippen LogP contribution in [0.25, 0.3) is 0 Å². The number of aryl methyl sites for hydroxylation is 1. The Balaban J connectivity index is 1.58. The number of rotatable bonds is 14. The number of nitrogens with one attached hydrogen (secondary N) is 1. The number of amides is 2. The molecule has 11 heteroatoms. The number of hydrogen-bond acceptors (Lipinski definition) is 6. The van der Waals surface area contributed by atoms with Gasteiger partial charge in [0.05, 0.1) is 24.8 Å². The Hall–Kier alpha value is -4.54. The summed E-state index contributed by atoms with van der Waals surface area (Å²) in [4.78, 5) is 30.5. The Morgan fingerprint density at radius 1 is 0.860 bits per heavy atom. The van der Waals surface area contributed by atoms with Crippen LogP contribution < -0.4 is 19.1 Å². The van der Waals surface area contributed by atoms with Crippen LogP contribution in [-0.2, 0) is 32.6 Å². The molecule has 0 heterocycles. The molecule has 1 saturated carbocycles. The minimum Gasteiger partial charge on any atom is -0.493 e. The molecule has 0 radical (unpaired) electrons. The summed E-state index contributed by atoms with van der Waals surface area (Å²) in [6.07, 6.45) is 5.20. The number of nitrogens with zero attached hydrogens (tertiary/aromatic N) is 2. The molecule has 0 spiro atoms. The molecule has 5 rings (SSSR count). The van der Waals surface area contributed by atoms with Gasteiger partial charge in [-0.05, 0) is 72.9 Å². The lowest BCUT2D eigenvalue weighted by molar-refractivity contribution is -0.140. The van der Waals surface area contributed by atoms with Crippen molar-refractivity contribution in [2.45, 2.75) is 69.0 Å². The van der Waals surface area contributed by atoms with Crippen LogP contribution >= 0.6 is 11.6 Å². The normalized spacial score (nSPS) is 14.0. The first-order chi connectivity index (χ1) is 24.1. The summed E-state index contributed by atoms with van der Waals surface area (Å²) in [7, 11) is -1.47. The molecule has 1 aliphatic rings. The first-order valence-corrected chi connectivity index (χ1v) is 18.6. The van der Waals surface area contributed by atoms with Gasteiger partial charge in [-0.2, -0.15) is 0 Å². The lowest BCUT2D eigenvalue weighted by atomic mass is 9.94. The highest BCUT2D eigenvalue weighted by molar-refractivity contribution is 7.92. The molecule has 0 saturated heterocycles. The van der Waals surface area contributed by atoms with Crippen molar-refractivity contribution >= 4 is 39.1 Å². The molecule has 2 amide bonds. The molecule has 0 unspecified atom stereocenters. The Labute approximate surface area is 300 Å². The van der Waals surface area contributed by atoms with Crippen molar-refractivity contribution in [1.29, 1.82) is 0 Å². The minimum absolute atomic E-state index is 0.0148. The molecule has 0 aromatic heterocycles. The predicted octanol–water partition coefficient (Wildman–Crippen LogP) is 6.95. The van der Waals surface area contributed by atoms with Crippen LogP contribution in [-0.4, -0.2) is 58.0 Å². The Morgan fingerprint density at radius 2 is 1.52 bits per heavy atom. The number of sulfonamides is 1. The van der Waals surface area contributed by atoms with Crippen molar-refractivity contribution in [1.82, 2.24) is 10.2 Å². The Kier molecular flexibility index (Phi) is 12.4. The Morgan fingerprint density at radius 3 is 2.18 bits per heavy atom. The van der Waals surface area contributed by atoms with Gasteiger partial charge in [0.25, 0.3) is 10.0 Å². The topological polar surface area (TPSA) is 105 Å². The predicted molar refractivity (Wildman–Crippen MR) is 196 cm³/mol. The molecule has 9 nitrogen and oxygen atoms in total. The fraction of sp³-hybridized carbons (Fsp3) is 0.333. The number of carbonyl (C=O) groups is 2. The SMILES string of the molecule is COc1ccc(S(=O)(=O)N(CC(=O)N(Cc2ccccc2C)[C@H](Cc2ccccc2)C(=O)NC2CCCCC2)c2ccc(Cl)cc2)cc1OC. The van der Waals surface area contributed by atoms with E-state index in [0.29, 0.717) is 10.8 Å². The van der Waals surface area contributed by atoms with E-state index in [2.05, 4.69) is 5.32 Å². The van der Waals surface area contributed by atoms with Gasteiger partial charge in [-0.1, -0.05) is 85.5 Å². The quantitative estimate of drug-likeness (QED) is 0.151. The van der Waals surface area contributed by atoms with Crippen molar-refractivity contribution in [3.63, 3.8) is 0 Å². The lowest BCUT2D eigenvalue weighted by Crippen LogP contribution is -2.55. The summed E-state index contributed by atoms with van der Waals surface area (Å²) in [6.45, 7) is 1.48. The van der Waals surface area contributed by atoms with Gasteiger partial charge < -0.3 is 19.7 Å². The third-order valence-corrected chi connectivity index (χ3v) is 11.2. The van der Waals surface area contributed by atoms with E-state index in [-0.39, 0.29) is 41.2 Å². The molecule has 1 N–H and O–H groups in total. The average Bonchev–Trinajstić information content (AvgIpc) is 3.13. The summed E-state index contributed by atoms with van der Waals surface area (Å²) in [5.74, 6) is -0.215. The van der Waals surface area contributed by atoms with Crippen LogP contribution in [0.2, 0.25) is 5.02 Å². The van der Waals surface area contributed by atoms with E-state index in [1.165, 1.54) is 37.3 Å². The van der Waals surface area contributed by atoms with Gasteiger partial charge in [0.1, 0.15) is 12.6 Å². The van der Waals surface area contributed by atoms with E-state index in [9.17, 15) is 18.0 Å². The zero-order valence-corrected chi connectivity index (χ0v) is 30.3. The first kappa shape index (κ1) is 36.7. The summed E-state index contributed by atoms with van der Waals surface area (Å²) in [6, 6.07) is 26.9. The van der Waals surface area contributed by atoms with Crippen molar-refractivity contribution in [2.75, 3.05) is 25.1 Å². The van der Waals surface area contributed by atoms with Crippen LogP contribution in [0.15, 0.2) is 102 Å². The number of carbonyl (C=O) groups excluding carboxylic acids is 2. The highest BCUT2D eigenvalue weighted by atomic mass is 35.5. The third-order valence-electron chi connectivity index (χ3n) is 9.16. The Bertz CT molecular complexity index is 1860. The van der Waals surface area contributed by atoms with Gasteiger partial charge in [-0.25, -0.2) is 8.42 Å². The number of anilines is 1. The molecule has 1 aliphatic carbocycles. The highest BCUT2D eigenvalue weighted by Crippen LogP contribution is 2.33. The summed E-state index contributed by atoms with van der Waals surface area (Å²) < 4.78 is 40.7. The highest BCUT2D eigenvalue weighted by Gasteiger charge is 2.36. The molecule has 1 atom stereocenters. The van der Waals surface area contributed by atoms with Crippen LogP contribution in [0.5, 0.6) is 11.5 Å². The van der Waals surface area contributed by atoms with Crippen LogP contribution in [0.1, 0.15) is 48.8 Å². The van der Waals surface area contributed by atoms with Gasteiger partial charge >= 0.3 is 0 Å². The minimum atomic E-state index is -4.36. The molecule has 50 heavy (non-hydrogen) atoms. The number of halogens is 1. The molecular formula is C39H44ClN3O6S. The molecule has 1 fully saturated rings. The van der Waals surface area contributed by atoms with Crippen molar-refractivity contribution < 1.29 is 27.5 Å². The maximum atomic E-state index is 14.8. The number of ether oxygens (including phenoxy) is 2. The maximum Gasteiger partial charge on any atom is 0.264 e. The summed E-state index contributed by atoms with van der Waals surface area (Å²) in [5, 5.41) is 3.65. The molecule has 0 bridgehead atoms.